The van der Waals surface area contributed by atoms with Crippen LogP contribution in [0.2, 0.25) is 6.55 Å². The molecule has 1 aliphatic rings. The second-order valence-corrected chi connectivity index (χ2v) is 3.92. The molecule has 0 aliphatic heterocycles. The van der Waals surface area contributed by atoms with E-state index >= 15 is 0 Å². The quantitative estimate of drug-likeness (QED) is 0.464. The van der Waals surface area contributed by atoms with E-state index in [-0.39, 0.29) is 9.52 Å². The van der Waals surface area contributed by atoms with Gasteiger partial charge in [0.2, 0.25) is 0 Å². The molecule has 0 heterocycles. The van der Waals surface area contributed by atoms with Crippen LogP contribution in [-0.4, -0.2) is 9.52 Å². The topological polar surface area (TPSA) is 0 Å². The molecule has 0 saturated heterocycles. The summed E-state index contributed by atoms with van der Waals surface area (Å²) in [6, 6.07) is 0. The van der Waals surface area contributed by atoms with Gasteiger partial charge in [0.15, 0.2) is 0 Å². The van der Waals surface area contributed by atoms with Gasteiger partial charge in [-0.25, -0.2) is 0 Å². The maximum absolute atomic E-state index is 2.35. The normalized spacial score (nSPS) is 19.8. The van der Waals surface area contributed by atoms with Crippen molar-refractivity contribution in [3.05, 3.63) is 22.9 Å². The fourth-order valence-electron chi connectivity index (χ4n) is 0.978. The van der Waals surface area contributed by atoms with Gasteiger partial charge >= 0.3 is 0 Å². The van der Waals surface area contributed by atoms with Crippen molar-refractivity contribution in [2.45, 2.75) is 19.9 Å². The fourth-order valence-corrected chi connectivity index (χ4v) is 1.94. The molecule has 0 unspecified atom stereocenters. The molecule has 8 heavy (non-hydrogen) atoms. The van der Waals surface area contributed by atoms with Crippen LogP contribution in [0.5, 0.6) is 0 Å². The molecule has 0 amide bonds. The molecule has 0 fully saturated rings. The molecule has 0 radical (unpaired) electrons. The third-order valence-corrected chi connectivity index (χ3v) is 2.97. The van der Waals surface area contributed by atoms with E-state index in [1.807, 2.05) is 0 Å². The van der Waals surface area contributed by atoms with E-state index in [4.69, 9.17) is 0 Å². The van der Waals surface area contributed by atoms with Crippen molar-refractivity contribution in [1.29, 1.82) is 0 Å². The summed E-state index contributed by atoms with van der Waals surface area (Å²) in [5.41, 5.74) is 1.47. The minimum atomic E-state index is 0.168. The molecule has 0 atom stereocenters. The van der Waals surface area contributed by atoms with Crippen LogP contribution >= 0.6 is 0 Å². The van der Waals surface area contributed by atoms with Crippen LogP contribution in [0.25, 0.3) is 0 Å². The molecular weight excluding hydrogens is 112 g/mol. The van der Waals surface area contributed by atoms with Crippen molar-refractivity contribution in [1.82, 2.24) is 0 Å². The van der Waals surface area contributed by atoms with Crippen LogP contribution in [0.3, 0.4) is 0 Å². The predicted octanol–water partition coefficient (Wildman–Crippen LogP) is 1.44. The highest BCUT2D eigenvalue weighted by Gasteiger charge is 1.98. The minimum absolute atomic E-state index is 0.168. The highest BCUT2D eigenvalue weighted by molar-refractivity contribution is 6.43. The van der Waals surface area contributed by atoms with Gasteiger partial charge in [-0.3, -0.25) is 0 Å². The molecule has 0 aromatic heterocycles. The average Bonchev–Trinajstić information content (AvgIpc) is 2.14. The summed E-state index contributed by atoms with van der Waals surface area (Å²) >= 11 is 0. The SMILES string of the molecule is C[SiH2]C1=CC(C)=CC1. The van der Waals surface area contributed by atoms with Crippen LogP contribution in [-0.2, 0) is 0 Å². The van der Waals surface area contributed by atoms with Gasteiger partial charge in [0.25, 0.3) is 0 Å². The Kier molecular flexibility index (Phi) is 1.68. The molecule has 0 aromatic carbocycles. The zero-order valence-electron chi connectivity index (χ0n) is 5.57. The molecule has 44 valence electrons. The Morgan fingerprint density at radius 3 is 2.62 bits per heavy atom. The highest BCUT2D eigenvalue weighted by atomic mass is 28.2. The summed E-state index contributed by atoms with van der Waals surface area (Å²) in [5, 5.41) is 1.71. The largest absolute Gasteiger partial charge is 0.0842 e. The molecule has 1 heteroatoms. The number of hydrogen-bond donors (Lipinski definition) is 0. The second-order valence-electron chi connectivity index (χ2n) is 2.31. The molecule has 0 aromatic rings. The second kappa shape index (κ2) is 2.31. The lowest BCUT2D eigenvalue weighted by molar-refractivity contribution is 1.38. The Bertz CT molecular complexity index is 142. The first-order valence-corrected chi connectivity index (χ1v) is 5.31. The first-order chi connectivity index (χ1) is 3.83. The van der Waals surface area contributed by atoms with Gasteiger partial charge in [-0.05, 0) is 13.3 Å². The van der Waals surface area contributed by atoms with E-state index in [9.17, 15) is 0 Å². The molecule has 0 spiro atoms. The summed E-state index contributed by atoms with van der Waals surface area (Å²) in [5.74, 6) is 0. The summed E-state index contributed by atoms with van der Waals surface area (Å²) < 4.78 is 0. The first-order valence-electron chi connectivity index (χ1n) is 3.19. The standard InChI is InChI=1S/C7H12Si/c1-6-3-4-7(5-6)8-2/h3,5H,4,8H2,1-2H3. The Labute approximate surface area is 53.1 Å². The van der Waals surface area contributed by atoms with Crippen LogP contribution in [0.1, 0.15) is 13.3 Å². The Hall–Kier alpha value is -0.303. The smallest absolute Gasteiger partial charge is 0.0469 e. The van der Waals surface area contributed by atoms with E-state index in [1.165, 1.54) is 12.0 Å². The van der Waals surface area contributed by atoms with E-state index in [1.54, 1.807) is 5.20 Å². The van der Waals surface area contributed by atoms with Gasteiger partial charge < -0.3 is 0 Å². The summed E-state index contributed by atoms with van der Waals surface area (Å²) in [4.78, 5) is 0. The lowest BCUT2D eigenvalue weighted by Crippen LogP contribution is -1.83. The zero-order chi connectivity index (χ0) is 5.98. The Morgan fingerprint density at radius 1 is 1.62 bits per heavy atom. The van der Waals surface area contributed by atoms with Crippen molar-refractivity contribution in [2.75, 3.05) is 0 Å². The third kappa shape index (κ3) is 1.10. The third-order valence-electron chi connectivity index (χ3n) is 1.57. The van der Waals surface area contributed by atoms with Gasteiger partial charge in [0.05, 0.1) is 0 Å². The van der Waals surface area contributed by atoms with Crippen LogP contribution in [0.4, 0.5) is 0 Å². The minimum Gasteiger partial charge on any atom is -0.0842 e. The summed E-state index contributed by atoms with van der Waals surface area (Å²) in [7, 11) is 0.168. The average molecular weight is 124 g/mol. The lowest BCUT2D eigenvalue weighted by atomic mass is 10.3. The van der Waals surface area contributed by atoms with Crippen LogP contribution in [0.15, 0.2) is 22.9 Å². The zero-order valence-corrected chi connectivity index (χ0v) is 6.98. The Balaban J connectivity index is 2.56. The van der Waals surface area contributed by atoms with Crippen molar-refractivity contribution in [3.63, 3.8) is 0 Å². The van der Waals surface area contributed by atoms with E-state index in [2.05, 4.69) is 25.6 Å². The van der Waals surface area contributed by atoms with E-state index in [0.29, 0.717) is 0 Å². The maximum atomic E-state index is 2.35. The van der Waals surface area contributed by atoms with Gasteiger partial charge in [0, 0.05) is 9.52 Å². The molecule has 0 saturated carbocycles. The molecule has 0 N–H and O–H groups in total. The molecule has 1 aliphatic carbocycles. The van der Waals surface area contributed by atoms with Crippen LogP contribution < -0.4 is 0 Å². The van der Waals surface area contributed by atoms with Crippen LogP contribution in [0, 0.1) is 0 Å². The van der Waals surface area contributed by atoms with Crippen molar-refractivity contribution < 1.29 is 0 Å². The lowest BCUT2D eigenvalue weighted by Gasteiger charge is -1.88. The fraction of sp³-hybridized carbons (Fsp3) is 0.429. The van der Waals surface area contributed by atoms with Gasteiger partial charge in [-0.1, -0.05) is 29.5 Å². The van der Waals surface area contributed by atoms with Crippen molar-refractivity contribution in [2.24, 2.45) is 0 Å². The van der Waals surface area contributed by atoms with Gasteiger partial charge in [0.1, 0.15) is 0 Å². The molecular formula is C7H12Si. The molecule has 0 bridgehead atoms. The maximum Gasteiger partial charge on any atom is 0.0469 e. The van der Waals surface area contributed by atoms with Gasteiger partial charge in [-0.15, -0.1) is 0 Å². The van der Waals surface area contributed by atoms with Gasteiger partial charge in [-0.2, -0.15) is 0 Å². The molecule has 0 nitrogen and oxygen atoms in total. The summed E-state index contributed by atoms with van der Waals surface area (Å²) in [6.07, 6.45) is 5.91. The van der Waals surface area contributed by atoms with E-state index < -0.39 is 0 Å². The summed E-state index contributed by atoms with van der Waals surface area (Å²) in [6.45, 7) is 4.52. The van der Waals surface area contributed by atoms with E-state index in [0.717, 1.165) is 0 Å². The number of allylic oxidation sites excluding steroid dienone is 4. The highest BCUT2D eigenvalue weighted by Crippen LogP contribution is 2.14. The first kappa shape index (κ1) is 5.83. The predicted molar refractivity (Wildman–Crippen MR) is 40.9 cm³/mol. The Morgan fingerprint density at radius 2 is 2.38 bits per heavy atom. The number of hydrogen-bond acceptors (Lipinski definition) is 0. The van der Waals surface area contributed by atoms with Crippen molar-refractivity contribution in [3.8, 4) is 0 Å². The van der Waals surface area contributed by atoms with Crippen molar-refractivity contribution >= 4 is 9.52 Å². The number of rotatable bonds is 1. The monoisotopic (exact) mass is 124 g/mol. The molecule has 1 rings (SSSR count).